The molecule has 0 radical (unpaired) electrons. The van der Waals surface area contributed by atoms with Crippen molar-refractivity contribution in [3.63, 3.8) is 0 Å². The van der Waals surface area contributed by atoms with E-state index < -0.39 is 0 Å². The van der Waals surface area contributed by atoms with E-state index in [2.05, 4.69) is 14.9 Å². The van der Waals surface area contributed by atoms with E-state index >= 15 is 0 Å². The molecule has 1 amide bonds. The average molecular weight is 347 g/mol. The first kappa shape index (κ1) is 15.4. The number of carbonyl (C=O) groups excluding carboxylic acids is 1. The summed E-state index contributed by atoms with van der Waals surface area (Å²) < 4.78 is 6.06. The highest BCUT2D eigenvalue weighted by atomic mass is 16.5. The van der Waals surface area contributed by atoms with Gasteiger partial charge in [-0.3, -0.25) is 4.79 Å². The normalized spacial score (nSPS) is 24.8. The maximum Gasteiger partial charge on any atom is 0.270 e. The minimum Gasteiger partial charge on any atom is -0.474 e. The molecular weight excluding hydrogens is 326 g/mol. The number of H-pyrrole nitrogens is 1. The maximum atomic E-state index is 13.1. The number of hydrogen-bond acceptors (Lipinski definition) is 3. The van der Waals surface area contributed by atoms with Crippen molar-refractivity contribution in [1.82, 2.24) is 14.9 Å². The van der Waals surface area contributed by atoms with E-state index in [1.54, 1.807) is 6.20 Å². The number of para-hydroxylation sites is 1. The highest BCUT2D eigenvalue weighted by Gasteiger charge is 2.44. The average Bonchev–Trinajstić information content (AvgIpc) is 3.21. The van der Waals surface area contributed by atoms with E-state index in [1.165, 1.54) is 0 Å². The standard InChI is InChI=1S/C21H21N3O2/c25-21(19-11-14-5-1-2-6-18(14)23-19)24-15-8-9-16(24)13-17(12-15)26-20-7-3-4-10-22-20/h1-7,10-11,15-17,23H,8-9,12-13H2. The van der Waals surface area contributed by atoms with Crippen LogP contribution in [0.4, 0.5) is 0 Å². The molecule has 2 fully saturated rings. The van der Waals surface area contributed by atoms with Gasteiger partial charge in [0.05, 0.1) is 0 Å². The van der Waals surface area contributed by atoms with E-state index in [-0.39, 0.29) is 24.1 Å². The van der Waals surface area contributed by atoms with Crippen LogP contribution in [-0.4, -0.2) is 39.0 Å². The summed E-state index contributed by atoms with van der Waals surface area (Å²) in [6.07, 6.45) is 5.74. The van der Waals surface area contributed by atoms with E-state index in [4.69, 9.17) is 4.74 Å². The molecule has 132 valence electrons. The Balaban J connectivity index is 1.34. The number of carbonyl (C=O) groups is 1. The van der Waals surface area contributed by atoms with Crippen LogP contribution in [0.3, 0.4) is 0 Å². The van der Waals surface area contributed by atoms with E-state index in [9.17, 15) is 4.79 Å². The Bertz CT molecular complexity index is 890. The second-order valence-corrected chi connectivity index (χ2v) is 7.25. The number of pyridine rings is 1. The van der Waals surface area contributed by atoms with Gasteiger partial charge in [0.2, 0.25) is 5.88 Å². The number of nitrogens with one attached hydrogen (secondary N) is 1. The summed E-state index contributed by atoms with van der Waals surface area (Å²) in [4.78, 5) is 22.8. The number of fused-ring (bicyclic) bond motifs is 3. The van der Waals surface area contributed by atoms with Gasteiger partial charge < -0.3 is 14.6 Å². The third-order valence-electron chi connectivity index (χ3n) is 5.61. The van der Waals surface area contributed by atoms with Crippen LogP contribution in [0, 0.1) is 0 Å². The fourth-order valence-corrected chi connectivity index (χ4v) is 4.47. The third-order valence-corrected chi connectivity index (χ3v) is 5.61. The summed E-state index contributed by atoms with van der Waals surface area (Å²) in [5.74, 6) is 0.789. The number of aromatic amines is 1. The molecule has 0 aliphatic carbocycles. The van der Waals surface area contributed by atoms with Gasteiger partial charge in [-0.2, -0.15) is 0 Å². The van der Waals surface area contributed by atoms with Crippen LogP contribution in [0.5, 0.6) is 5.88 Å². The van der Waals surface area contributed by atoms with E-state index in [1.807, 2.05) is 48.5 Å². The predicted molar refractivity (Wildman–Crippen MR) is 99.2 cm³/mol. The van der Waals surface area contributed by atoms with Gasteiger partial charge in [-0.25, -0.2) is 4.98 Å². The van der Waals surface area contributed by atoms with Gasteiger partial charge in [0.25, 0.3) is 5.91 Å². The molecule has 2 aromatic heterocycles. The molecular formula is C21H21N3O2. The van der Waals surface area contributed by atoms with Crippen molar-refractivity contribution in [3.8, 4) is 5.88 Å². The number of rotatable bonds is 3. The zero-order valence-electron chi connectivity index (χ0n) is 14.5. The highest BCUT2D eigenvalue weighted by Crippen LogP contribution is 2.38. The van der Waals surface area contributed by atoms with Gasteiger partial charge in [-0.15, -0.1) is 0 Å². The SMILES string of the molecule is O=C(c1cc2ccccc2[nH]1)N1C2CCC1CC(Oc1ccccn1)C2. The molecule has 5 heteroatoms. The van der Waals surface area contributed by atoms with Crippen molar-refractivity contribution in [3.05, 3.63) is 60.4 Å². The molecule has 0 saturated carbocycles. The molecule has 1 aromatic carbocycles. The zero-order valence-corrected chi connectivity index (χ0v) is 14.5. The van der Waals surface area contributed by atoms with Crippen LogP contribution < -0.4 is 4.74 Å². The maximum absolute atomic E-state index is 13.1. The minimum atomic E-state index is 0.116. The summed E-state index contributed by atoms with van der Waals surface area (Å²) in [5.41, 5.74) is 1.70. The fraction of sp³-hybridized carbons (Fsp3) is 0.333. The fourth-order valence-electron chi connectivity index (χ4n) is 4.47. The third kappa shape index (κ3) is 2.64. The Morgan fingerprint density at radius 1 is 1.08 bits per heavy atom. The monoisotopic (exact) mass is 347 g/mol. The lowest BCUT2D eigenvalue weighted by atomic mass is 9.99. The Morgan fingerprint density at radius 3 is 2.58 bits per heavy atom. The van der Waals surface area contributed by atoms with Crippen molar-refractivity contribution in [2.45, 2.75) is 43.9 Å². The van der Waals surface area contributed by atoms with Gasteiger partial charge in [0.1, 0.15) is 11.8 Å². The first-order valence-corrected chi connectivity index (χ1v) is 9.26. The van der Waals surface area contributed by atoms with Crippen LogP contribution in [0.1, 0.15) is 36.2 Å². The lowest BCUT2D eigenvalue weighted by Crippen LogP contribution is -2.49. The van der Waals surface area contributed by atoms with Crippen LogP contribution in [0.2, 0.25) is 0 Å². The molecule has 2 aliphatic heterocycles. The molecule has 3 aromatic rings. The summed E-state index contributed by atoms with van der Waals surface area (Å²) >= 11 is 0. The molecule has 1 N–H and O–H groups in total. The Kier molecular flexibility index (Phi) is 3.66. The van der Waals surface area contributed by atoms with Crippen molar-refractivity contribution in [2.75, 3.05) is 0 Å². The summed E-state index contributed by atoms with van der Waals surface area (Å²) in [5, 5.41) is 1.08. The molecule has 5 nitrogen and oxygen atoms in total. The topological polar surface area (TPSA) is 58.2 Å². The smallest absolute Gasteiger partial charge is 0.270 e. The van der Waals surface area contributed by atoms with Gasteiger partial charge in [0.15, 0.2) is 0 Å². The van der Waals surface area contributed by atoms with Crippen LogP contribution in [-0.2, 0) is 0 Å². The molecule has 2 unspecified atom stereocenters. The van der Waals surface area contributed by atoms with Crippen molar-refractivity contribution >= 4 is 16.8 Å². The summed E-state index contributed by atoms with van der Waals surface area (Å²) in [7, 11) is 0. The molecule has 26 heavy (non-hydrogen) atoms. The van der Waals surface area contributed by atoms with Gasteiger partial charge in [-0.05, 0) is 31.0 Å². The number of aromatic nitrogens is 2. The second-order valence-electron chi connectivity index (χ2n) is 7.25. The van der Waals surface area contributed by atoms with Gasteiger partial charge in [0, 0.05) is 48.1 Å². The second kappa shape index (κ2) is 6.16. The van der Waals surface area contributed by atoms with Gasteiger partial charge >= 0.3 is 0 Å². The molecule has 5 rings (SSSR count). The first-order valence-electron chi connectivity index (χ1n) is 9.26. The molecule has 2 atom stereocenters. The minimum absolute atomic E-state index is 0.116. The van der Waals surface area contributed by atoms with Crippen molar-refractivity contribution in [2.24, 2.45) is 0 Å². The summed E-state index contributed by atoms with van der Waals surface area (Å²) in [6.45, 7) is 0. The first-order chi connectivity index (χ1) is 12.8. The molecule has 4 heterocycles. The molecule has 2 aliphatic rings. The lowest BCUT2D eigenvalue weighted by molar-refractivity contribution is 0.0344. The molecule has 2 bridgehead atoms. The van der Waals surface area contributed by atoms with Crippen molar-refractivity contribution in [1.29, 1.82) is 0 Å². The zero-order chi connectivity index (χ0) is 17.5. The molecule has 2 saturated heterocycles. The number of nitrogens with zero attached hydrogens (tertiary/aromatic N) is 2. The summed E-state index contributed by atoms with van der Waals surface area (Å²) in [6, 6.07) is 16.2. The number of ether oxygens (including phenoxy) is 1. The number of piperidine rings is 1. The van der Waals surface area contributed by atoms with Crippen LogP contribution in [0.25, 0.3) is 10.9 Å². The largest absolute Gasteiger partial charge is 0.474 e. The van der Waals surface area contributed by atoms with Gasteiger partial charge in [-0.1, -0.05) is 24.3 Å². The molecule has 0 spiro atoms. The Hall–Kier alpha value is -2.82. The Morgan fingerprint density at radius 2 is 1.85 bits per heavy atom. The lowest BCUT2D eigenvalue weighted by Gasteiger charge is -2.38. The number of amides is 1. The van der Waals surface area contributed by atoms with Crippen LogP contribution >= 0.6 is 0 Å². The number of hydrogen-bond donors (Lipinski definition) is 1. The van der Waals surface area contributed by atoms with E-state index in [0.717, 1.165) is 36.6 Å². The van der Waals surface area contributed by atoms with Crippen molar-refractivity contribution < 1.29 is 9.53 Å². The van der Waals surface area contributed by atoms with Crippen LogP contribution in [0.15, 0.2) is 54.7 Å². The predicted octanol–water partition coefficient (Wildman–Crippen LogP) is 3.78. The highest BCUT2D eigenvalue weighted by molar-refractivity contribution is 5.98. The quantitative estimate of drug-likeness (QED) is 0.784. The van der Waals surface area contributed by atoms with E-state index in [0.29, 0.717) is 11.6 Å². The number of benzene rings is 1. The Labute approximate surface area is 152 Å².